The molecule has 0 saturated carbocycles. The van der Waals surface area contributed by atoms with Crippen molar-refractivity contribution in [2.75, 3.05) is 17.1 Å². The molecule has 3 aromatic rings. The molecule has 7 nitrogen and oxygen atoms in total. The van der Waals surface area contributed by atoms with E-state index in [2.05, 4.69) is 5.32 Å². The van der Waals surface area contributed by atoms with Crippen LogP contribution in [0, 0.1) is 11.6 Å². The molecule has 1 N–H and O–H groups in total. The van der Waals surface area contributed by atoms with E-state index in [1.807, 2.05) is 50.2 Å². The Morgan fingerprint density at radius 3 is 2.03 bits per heavy atom. The number of anilines is 1. The number of nitrogens with zero attached hydrogens (tertiary/aromatic N) is 2. The van der Waals surface area contributed by atoms with E-state index in [1.165, 1.54) is 4.90 Å². The first kappa shape index (κ1) is 29.8. The topological polar surface area (TPSA) is 86.8 Å². The molecule has 39 heavy (non-hydrogen) atoms. The number of carbonyl (C=O) groups excluding carboxylic acids is 2. The van der Waals surface area contributed by atoms with Crippen molar-refractivity contribution in [3.05, 3.63) is 102 Å². The first-order chi connectivity index (χ1) is 18.5. The van der Waals surface area contributed by atoms with E-state index in [1.54, 1.807) is 24.3 Å². The minimum absolute atomic E-state index is 0.0283. The van der Waals surface area contributed by atoms with Crippen LogP contribution in [0.15, 0.2) is 78.9 Å². The Balaban J connectivity index is 2.05. The molecule has 0 heterocycles. The molecule has 0 bridgehead atoms. The van der Waals surface area contributed by atoms with Gasteiger partial charge < -0.3 is 10.2 Å². The molecule has 0 saturated heterocycles. The fourth-order valence-corrected chi connectivity index (χ4v) is 4.87. The Morgan fingerprint density at radius 2 is 1.49 bits per heavy atom. The van der Waals surface area contributed by atoms with Crippen LogP contribution in [0.25, 0.3) is 0 Å². The number of halogens is 2. The Labute approximate surface area is 228 Å². The number of hydrogen-bond donors (Lipinski definition) is 1. The average molecular weight is 558 g/mol. The highest BCUT2D eigenvalue weighted by Gasteiger charge is 2.33. The summed E-state index contributed by atoms with van der Waals surface area (Å²) in [5.74, 6) is -3.44. The summed E-state index contributed by atoms with van der Waals surface area (Å²) in [6.07, 6.45) is 1.74. The van der Waals surface area contributed by atoms with E-state index in [4.69, 9.17) is 0 Å². The molecule has 0 spiro atoms. The lowest BCUT2D eigenvalue weighted by Crippen LogP contribution is -2.54. The number of sulfonamides is 1. The number of carbonyl (C=O) groups is 2. The van der Waals surface area contributed by atoms with Crippen molar-refractivity contribution in [1.82, 2.24) is 10.2 Å². The summed E-state index contributed by atoms with van der Waals surface area (Å²) in [6.45, 7) is 3.10. The van der Waals surface area contributed by atoms with Crippen LogP contribution in [0.2, 0.25) is 0 Å². The standard InChI is InChI=1S/C29H33F2N3O4S/c1-4-21(2)32-29(36)27(17-22-11-7-5-8-12-22)33(19-23-13-9-6-10-14-23)28(35)20-34(39(3,37)38)24-15-16-25(30)26(31)18-24/h5-16,18,21,27H,4,17,19-20H2,1-3H3,(H,32,36)/t21-,27+/m0/s1. The SMILES string of the molecule is CC[C@H](C)NC(=O)[C@@H](Cc1ccccc1)N(Cc1ccccc1)C(=O)CN(c1ccc(F)c(F)c1)S(C)(=O)=O. The second kappa shape index (κ2) is 13.3. The lowest BCUT2D eigenvalue weighted by molar-refractivity contribution is -0.140. The van der Waals surface area contributed by atoms with Gasteiger partial charge in [-0.15, -0.1) is 0 Å². The predicted octanol–water partition coefficient (Wildman–Crippen LogP) is 4.29. The van der Waals surface area contributed by atoms with Gasteiger partial charge in [0.2, 0.25) is 21.8 Å². The van der Waals surface area contributed by atoms with Crippen LogP contribution in [0.4, 0.5) is 14.5 Å². The van der Waals surface area contributed by atoms with E-state index >= 15 is 0 Å². The van der Waals surface area contributed by atoms with Gasteiger partial charge in [-0.1, -0.05) is 67.6 Å². The van der Waals surface area contributed by atoms with Crippen molar-refractivity contribution < 1.29 is 26.8 Å². The molecule has 0 aromatic heterocycles. The minimum Gasteiger partial charge on any atom is -0.352 e. The molecule has 3 rings (SSSR count). The lowest BCUT2D eigenvalue weighted by atomic mass is 10.0. The van der Waals surface area contributed by atoms with Crippen LogP contribution in [0.3, 0.4) is 0 Å². The molecular formula is C29H33F2N3O4S. The maximum atomic E-state index is 14.0. The zero-order valence-corrected chi connectivity index (χ0v) is 23.0. The Kier molecular flexibility index (Phi) is 10.2. The van der Waals surface area contributed by atoms with E-state index in [0.717, 1.165) is 35.6 Å². The van der Waals surface area contributed by atoms with Gasteiger partial charge in [0.25, 0.3) is 0 Å². The molecule has 208 valence electrons. The third kappa shape index (κ3) is 8.35. The zero-order valence-electron chi connectivity index (χ0n) is 22.2. The molecule has 10 heteroatoms. The maximum absolute atomic E-state index is 14.0. The lowest BCUT2D eigenvalue weighted by Gasteiger charge is -2.34. The van der Waals surface area contributed by atoms with Crippen molar-refractivity contribution in [2.45, 2.75) is 45.3 Å². The van der Waals surface area contributed by atoms with Gasteiger partial charge in [-0.3, -0.25) is 13.9 Å². The van der Waals surface area contributed by atoms with Gasteiger partial charge in [0, 0.05) is 25.1 Å². The van der Waals surface area contributed by atoms with E-state index in [9.17, 15) is 26.8 Å². The maximum Gasteiger partial charge on any atom is 0.244 e. The number of benzene rings is 3. The Morgan fingerprint density at radius 1 is 0.897 bits per heavy atom. The number of rotatable bonds is 12. The fraction of sp³-hybridized carbons (Fsp3) is 0.310. The van der Waals surface area contributed by atoms with Gasteiger partial charge in [-0.05, 0) is 36.6 Å². The highest BCUT2D eigenvalue weighted by atomic mass is 32.2. The number of nitrogens with one attached hydrogen (secondary N) is 1. The fourth-order valence-electron chi connectivity index (χ4n) is 4.03. The van der Waals surface area contributed by atoms with Crippen molar-refractivity contribution in [3.8, 4) is 0 Å². The molecule has 0 aliphatic rings. The summed E-state index contributed by atoms with van der Waals surface area (Å²) in [5.41, 5.74) is 1.35. The van der Waals surface area contributed by atoms with Gasteiger partial charge in [0.15, 0.2) is 11.6 Å². The highest BCUT2D eigenvalue weighted by Crippen LogP contribution is 2.22. The Hall–Kier alpha value is -3.79. The monoisotopic (exact) mass is 557 g/mol. The summed E-state index contributed by atoms with van der Waals surface area (Å²) in [7, 11) is -4.08. The Bertz CT molecular complexity index is 1370. The molecule has 0 aliphatic carbocycles. The van der Waals surface area contributed by atoms with Gasteiger partial charge in [-0.25, -0.2) is 17.2 Å². The summed E-state index contributed by atoms with van der Waals surface area (Å²) >= 11 is 0. The van der Waals surface area contributed by atoms with Crippen LogP contribution in [-0.4, -0.2) is 50.0 Å². The van der Waals surface area contributed by atoms with E-state index in [0.29, 0.717) is 10.7 Å². The van der Waals surface area contributed by atoms with Crippen LogP contribution in [0.5, 0.6) is 0 Å². The first-order valence-electron chi connectivity index (χ1n) is 12.6. The highest BCUT2D eigenvalue weighted by molar-refractivity contribution is 7.92. The summed E-state index contributed by atoms with van der Waals surface area (Å²) in [6, 6.07) is 19.7. The third-order valence-electron chi connectivity index (χ3n) is 6.34. The first-order valence-corrected chi connectivity index (χ1v) is 14.4. The van der Waals surface area contributed by atoms with Crippen molar-refractivity contribution in [2.24, 2.45) is 0 Å². The van der Waals surface area contributed by atoms with Gasteiger partial charge >= 0.3 is 0 Å². The van der Waals surface area contributed by atoms with Crippen LogP contribution in [0.1, 0.15) is 31.4 Å². The van der Waals surface area contributed by atoms with E-state index < -0.39 is 40.2 Å². The van der Waals surface area contributed by atoms with Gasteiger partial charge in [-0.2, -0.15) is 0 Å². The zero-order chi connectivity index (χ0) is 28.6. The van der Waals surface area contributed by atoms with Crippen LogP contribution < -0.4 is 9.62 Å². The number of hydrogen-bond acceptors (Lipinski definition) is 4. The number of amides is 2. The average Bonchev–Trinajstić information content (AvgIpc) is 2.91. The summed E-state index contributed by atoms with van der Waals surface area (Å²) in [5, 5.41) is 2.94. The molecule has 0 radical (unpaired) electrons. The van der Waals surface area contributed by atoms with Gasteiger partial charge in [0.1, 0.15) is 12.6 Å². The second-order valence-electron chi connectivity index (χ2n) is 9.40. The largest absolute Gasteiger partial charge is 0.352 e. The molecule has 0 aliphatic heterocycles. The molecule has 0 fully saturated rings. The molecule has 2 atom stereocenters. The predicted molar refractivity (Wildman–Crippen MR) is 147 cm³/mol. The summed E-state index contributed by atoms with van der Waals surface area (Å²) < 4.78 is 53.6. The quantitative estimate of drug-likeness (QED) is 0.360. The molecule has 0 unspecified atom stereocenters. The van der Waals surface area contributed by atoms with Crippen molar-refractivity contribution >= 4 is 27.5 Å². The van der Waals surface area contributed by atoms with Crippen molar-refractivity contribution in [1.29, 1.82) is 0 Å². The van der Waals surface area contributed by atoms with Crippen molar-refractivity contribution in [3.63, 3.8) is 0 Å². The minimum atomic E-state index is -4.08. The molecule has 3 aromatic carbocycles. The normalized spacial score (nSPS) is 12.8. The van der Waals surface area contributed by atoms with Crippen LogP contribution >= 0.6 is 0 Å². The molecule has 2 amide bonds. The summed E-state index contributed by atoms with van der Waals surface area (Å²) in [4.78, 5) is 28.8. The second-order valence-corrected chi connectivity index (χ2v) is 11.3. The third-order valence-corrected chi connectivity index (χ3v) is 7.48. The van der Waals surface area contributed by atoms with E-state index in [-0.39, 0.29) is 30.6 Å². The smallest absolute Gasteiger partial charge is 0.244 e. The van der Waals surface area contributed by atoms with Crippen LogP contribution in [-0.2, 0) is 32.6 Å². The molecular weight excluding hydrogens is 524 g/mol. The van der Waals surface area contributed by atoms with Gasteiger partial charge in [0.05, 0.1) is 11.9 Å².